The molecule has 4 amide bonds. The van der Waals surface area contributed by atoms with Crippen LogP contribution >= 0.6 is 0 Å². The Morgan fingerprint density at radius 2 is 2.00 bits per heavy atom. The van der Waals surface area contributed by atoms with Crippen LogP contribution in [-0.2, 0) is 9.53 Å². The van der Waals surface area contributed by atoms with Crippen LogP contribution in [0.1, 0.15) is 17.4 Å². The number of anilines is 2. The second kappa shape index (κ2) is 11.0. The number of hydrogen-bond donors (Lipinski definition) is 3. The lowest BCUT2D eigenvalue weighted by Gasteiger charge is -2.37. The summed E-state index contributed by atoms with van der Waals surface area (Å²) in [7, 11) is 0. The summed E-state index contributed by atoms with van der Waals surface area (Å²) in [5.74, 6) is -0.913. The number of cyclic esters (lactones) is 1. The Labute approximate surface area is 227 Å². The maximum absolute atomic E-state index is 15.1. The lowest BCUT2D eigenvalue weighted by Crippen LogP contribution is -2.54. The summed E-state index contributed by atoms with van der Waals surface area (Å²) in [5, 5.41) is 13.6. The summed E-state index contributed by atoms with van der Waals surface area (Å²) >= 11 is 0. The summed E-state index contributed by atoms with van der Waals surface area (Å²) in [4.78, 5) is 61.4. The minimum atomic E-state index is -1.23. The Morgan fingerprint density at radius 3 is 2.70 bits per heavy atom. The van der Waals surface area contributed by atoms with Crippen molar-refractivity contribution in [3.8, 4) is 0 Å². The van der Waals surface area contributed by atoms with Crippen molar-refractivity contribution in [2.75, 3.05) is 49.1 Å². The number of ether oxygens (including phenoxy) is 1. The van der Waals surface area contributed by atoms with E-state index in [4.69, 9.17) is 9.84 Å². The van der Waals surface area contributed by atoms with E-state index >= 15 is 4.39 Å². The van der Waals surface area contributed by atoms with Crippen molar-refractivity contribution >= 4 is 41.2 Å². The monoisotopic (exact) mass is 554 g/mol. The Hall–Kier alpha value is -4.95. The van der Waals surface area contributed by atoms with Crippen LogP contribution in [0.3, 0.4) is 0 Å². The summed E-state index contributed by atoms with van der Waals surface area (Å²) in [5.41, 5.74) is 0.773. The molecule has 210 valence electrons. The Bertz CT molecular complexity index is 1420. The molecule has 14 nitrogen and oxygen atoms in total. The highest BCUT2D eigenvalue weighted by Crippen LogP contribution is 2.28. The summed E-state index contributed by atoms with van der Waals surface area (Å²) in [6.07, 6.45) is 2.23. The second-order valence-corrected chi connectivity index (χ2v) is 9.40. The molecule has 40 heavy (non-hydrogen) atoms. The fourth-order valence-electron chi connectivity index (χ4n) is 4.67. The van der Waals surface area contributed by atoms with Gasteiger partial charge in [-0.3, -0.25) is 18.9 Å². The van der Waals surface area contributed by atoms with Crippen LogP contribution in [0.4, 0.5) is 25.4 Å². The topological polar surface area (TPSA) is 162 Å². The number of amides is 4. The minimum absolute atomic E-state index is 0.0680. The number of carbonyl (C=O) groups excluding carboxylic acids is 3. The summed E-state index contributed by atoms with van der Waals surface area (Å²) < 4.78 is 21.8. The van der Waals surface area contributed by atoms with Crippen LogP contribution in [0.15, 0.2) is 42.9 Å². The van der Waals surface area contributed by atoms with Crippen LogP contribution in [-0.4, -0.2) is 99.8 Å². The van der Waals surface area contributed by atoms with E-state index in [2.05, 4.69) is 20.6 Å². The number of rotatable bonds is 7. The molecule has 2 saturated heterocycles. The number of imidazole rings is 1. The van der Waals surface area contributed by atoms with Gasteiger partial charge in [-0.05, 0) is 31.2 Å². The molecule has 5 rings (SSSR count). The fraction of sp³-hybridized carbons (Fsp3) is 0.360. The van der Waals surface area contributed by atoms with Gasteiger partial charge in [0.05, 0.1) is 24.5 Å². The summed E-state index contributed by atoms with van der Waals surface area (Å²) in [6.45, 7) is 3.02. The molecule has 1 aromatic carbocycles. The van der Waals surface area contributed by atoms with E-state index in [1.165, 1.54) is 17.2 Å². The molecule has 3 N–H and O–H groups in total. The van der Waals surface area contributed by atoms with Crippen molar-refractivity contribution in [2.24, 2.45) is 0 Å². The minimum Gasteiger partial charge on any atom is -0.465 e. The Balaban J connectivity index is 1.14. The first kappa shape index (κ1) is 26.6. The standard InChI is InChI=1S/C25H27FN8O6/c1-15(29-21(35)19-14-33-6-2-5-27-23(33)30-19)22(36)32-9-7-31(8-10-32)20-4-3-16(11-18(20)26)34-13-17(40-25(34)39)12-28-24(37)38/h2-6,11,14-15,17,28H,7-10,12-13H2,1H3,(H,29,35)(H,37,38)/t15-,17-/m0/s1. The Kier molecular flexibility index (Phi) is 7.35. The molecule has 0 radical (unpaired) electrons. The van der Waals surface area contributed by atoms with E-state index in [1.54, 1.807) is 51.7 Å². The molecule has 0 aliphatic carbocycles. The number of fused-ring (bicyclic) bond motifs is 1. The third-order valence-corrected chi connectivity index (χ3v) is 6.72. The van der Waals surface area contributed by atoms with E-state index in [0.717, 1.165) is 0 Å². The molecule has 2 aliphatic rings. The van der Waals surface area contributed by atoms with Gasteiger partial charge in [0.1, 0.15) is 23.7 Å². The van der Waals surface area contributed by atoms with Gasteiger partial charge in [-0.15, -0.1) is 0 Å². The SMILES string of the molecule is C[C@H](NC(=O)c1cn2cccnc2n1)C(=O)N1CCN(c2ccc(N3C[C@H](CNC(=O)O)OC3=O)cc2F)CC1. The van der Waals surface area contributed by atoms with Gasteiger partial charge in [0, 0.05) is 44.8 Å². The van der Waals surface area contributed by atoms with E-state index in [0.29, 0.717) is 43.3 Å². The molecule has 0 spiro atoms. The third-order valence-electron chi connectivity index (χ3n) is 6.72. The van der Waals surface area contributed by atoms with Gasteiger partial charge in [0.2, 0.25) is 11.7 Å². The first-order valence-corrected chi connectivity index (χ1v) is 12.6. The number of hydrogen-bond acceptors (Lipinski definition) is 8. The number of halogens is 1. The molecule has 2 aliphatic heterocycles. The van der Waals surface area contributed by atoms with Crippen molar-refractivity contribution < 1.29 is 33.4 Å². The van der Waals surface area contributed by atoms with Crippen molar-refractivity contribution in [1.29, 1.82) is 0 Å². The molecule has 2 atom stereocenters. The van der Waals surface area contributed by atoms with E-state index in [9.17, 15) is 19.2 Å². The van der Waals surface area contributed by atoms with Crippen molar-refractivity contribution in [3.05, 3.63) is 54.4 Å². The lowest BCUT2D eigenvalue weighted by molar-refractivity contribution is -0.133. The number of nitrogens with one attached hydrogen (secondary N) is 2. The number of nitrogens with zero attached hydrogens (tertiary/aromatic N) is 6. The van der Waals surface area contributed by atoms with E-state index < -0.39 is 36.1 Å². The van der Waals surface area contributed by atoms with Gasteiger partial charge in [-0.25, -0.2) is 23.9 Å². The van der Waals surface area contributed by atoms with E-state index in [1.807, 2.05) is 0 Å². The average molecular weight is 555 g/mol. The van der Waals surface area contributed by atoms with Crippen LogP contribution in [0.25, 0.3) is 5.78 Å². The fourth-order valence-corrected chi connectivity index (χ4v) is 4.67. The molecule has 4 heterocycles. The molecular weight excluding hydrogens is 527 g/mol. The smallest absolute Gasteiger partial charge is 0.414 e. The predicted octanol–water partition coefficient (Wildman–Crippen LogP) is 0.928. The highest BCUT2D eigenvalue weighted by atomic mass is 19.1. The van der Waals surface area contributed by atoms with Gasteiger partial charge in [0.25, 0.3) is 5.91 Å². The first-order valence-electron chi connectivity index (χ1n) is 12.6. The van der Waals surface area contributed by atoms with Gasteiger partial charge in [0.15, 0.2) is 0 Å². The van der Waals surface area contributed by atoms with Crippen LogP contribution < -0.4 is 20.4 Å². The molecule has 0 saturated carbocycles. The maximum atomic E-state index is 15.1. The second-order valence-electron chi connectivity index (χ2n) is 9.40. The van der Waals surface area contributed by atoms with Crippen LogP contribution in [0.5, 0.6) is 0 Å². The molecule has 0 unspecified atom stereocenters. The highest BCUT2D eigenvalue weighted by Gasteiger charge is 2.33. The largest absolute Gasteiger partial charge is 0.465 e. The summed E-state index contributed by atoms with van der Waals surface area (Å²) in [6, 6.07) is 5.31. The first-order chi connectivity index (χ1) is 19.2. The van der Waals surface area contributed by atoms with Gasteiger partial charge >= 0.3 is 12.2 Å². The Morgan fingerprint density at radius 1 is 1.23 bits per heavy atom. The van der Waals surface area contributed by atoms with Crippen molar-refractivity contribution in [3.63, 3.8) is 0 Å². The molecular formula is C25H27FN8O6. The number of carbonyl (C=O) groups is 4. The number of piperazine rings is 1. The molecule has 2 fully saturated rings. The van der Waals surface area contributed by atoms with Crippen molar-refractivity contribution in [1.82, 2.24) is 29.9 Å². The zero-order valence-corrected chi connectivity index (χ0v) is 21.5. The average Bonchev–Trinajstić information content (AvgIpc) is 3.55. The molecule has 0 bridgehead atoms. The third kappa shape index (κ3) is 5.57. The van der Waals surface area contributed by atoms with Crippen LogP contribution in [0.2, 0.25) is 0 Å². The number of aromatic nitrogens is 3. The number of carboxylic acid groups (broad SMARTS) is 1. The van der Waals surface area contributed by atoms with Gasteiger partial charge in [-0.2, -0.15) is 0 Å². The molecule has 15 heteroatoms. The predicted molar refractivity (Wildman–Crippen MR) is 139 cm³/mol. The maximum Gasteiger partial charge on any atom is 0.414 e. The molecule has 3 aromatic rings. The van der Waals surface area contributed by atoms with Crippen molar-refractivity contribution in [2.45, 2.75) is 19.1 Å². The number of benzene rings is 1. The van der Waals surface area contributed by atoms with Crippen LogP contribution in [0, 0.1) is 5.82 Å². The highest BCUT2D eigenvalue weighted by molar-refractivity contribution is 5.96. The zero-order chi connectivity index (χ0) is 28.4. The zero-order valence-electron chi connectivity index (χ0n) is 21.5. The van der Waals surface area contributed by atoms with E-state index in [-0.39, 0.29) is 24.7 Å². The lowest BCUT2D eigenvalue weighted by atomic mass is 10.2. The van der Waals surface area contributed by atoms with Gasteiger partial charge in [-0.1, -0.05) is 0 Å². The normalized spacial score (nSPS) is 18.0. The molecule has 2 aromatic heterocycles. The quantitative estimate of drug-likeness (QED) is 0.386. The van der Waals surface area contributed by atoms with Gasteiger partial charge < -0.3 is 30.3 Å².